The number of ether oxygens (including phenoxy) is 1. The van der Waals surface area contributed by atoms with Crippen molar-refractivity contribution < 1.29 is 14.3 Å². The Kier molecular flexibility index (Phi) is 4.42. The lowest BCUT2D eigenvalue weighted by Gasteiger charge is -2.39. The molecule has 2 amide bonds. The molecular formula is C15H28N2O3. The van der Waals surface area contributed by atoms with E-state index in [1.54, 1.807) is 16.8 Å². The predicted octanol–water partition coefficient (Wildman–Crippen LogP) is 2.85. The van der Waals surface area contributed by atoms with Crippen molar-refractivity contribution in [2.24, 2.45) is 5.41 Å². The van der Waals surface area contributed by atoms with Crippen molar-refractivity contribution in [3.8, 4) is 0 Å². The summed E-state index contributed by atoms with van der Waals surface area (Å²) in [4.78, 5) is 28.1. The van der Waals surface area contributed by atoms with Crippen LogP contribution in [0.15, 0.2) is 0 Å². The molecule has 0 saturated carbocycles. The molecule has 0 aromatic heterocycles. The van der Waals surface area contributed by atoms with E-state index in [4.69, 9.17) is 4.74 Å². The van der Waals surface area contributed by atoms with Crippen LogP contribution >= 0.6 is 0 Å². The summed E-state index contributed by atoms with van der Waals surface area (Å²) in [6.07, 6.45) is -0.105. The molecule has 20 heavy (non-hydrogen) atoms. The number of carbonyl (C=O) groups is 2. The van der Waals surface area contributed by atoms with Gasteiger partial charge in [-0.1, -0.05) is 27.7 Å². The van der Waals surface area contributed by atoms with Gasteiger partial charge >= 0.3 is 6.09 Å². The van der Waals surface area contributed by atoms with Gasteiger partial charge in [0.05, 0.1) is 0 Å². The fraction of sp³-hybridized carbons (Fsp3) is 0.867. The van der Waals surface area contributed by atoms with Crippen LogP contribution in [-0.2, 0) is 9.53 Å². The minimum absolute atomic E-state index is 0.0155. The van der Waals surface area contributed by atoms with E-state index >= 15 is 0 Å². The third kappa shape index (κ3) is 3.25. The highest BCUT2D eigenvalue weighted by Gasteiger charge is 2.51. The Labute approximate surface area is 122 Å². The molecule has 0 aliphatic carbocycles. The Balaban J connectivity index is 3.15. The van der Waals surface area contributed by atoms with E-state index in [2.05, 4.69) is 0 Å². The second kappa shape index (κ2) is 5.26. The fourth-order valence-electron chi connectivity index (χ4n) is 2.74. The SMILES string of the molecule is CCC1C(=O)N(C)C(C(C)(C)C)N1C(=O)OC(C)(C)C. The topological polar surface area (TPSA) is 49.9 Å². The Bertz CT molecular complexity index is 393. The average molecular weight is 284 g/mol. The molecule has 2 unspecified atom stereocenters. The van der Waals surface area contributed by atoms with Gasteiger partial charge in [0.25, 0.3) is 0 Å². The second-order valence-electron chi connectivity index (χ2n) is 7.50. The van der Waals surface area contributed by atoms with Gasteiger partial charge in [0.1, 0.15) is 17.8 Å². The van der Waals surface area contributed by atoms with Crippen LogP contribution in [0.1, 0.15) is 54.9 Å². The minimum atomic E-state index is -0.567. The molecule has 2 atom stereocenters. The van der Waals surface area contributed by atoms with Gasteiger partial charge in [-0.2, -0.15) is 0 Å². The molecule has 0 radical (unpaired) electrons. The van der Waals surface area contributed by atoms with Gasteiger partial charge in [-0.15, -0.1) is 0 Å². The Morgan fingerprint density at radius 2 is 1.70 bits per heavy atom. The number of hydrogen-bond acceptors (Lipinski definition) is 3. The van der Waals surface area contributed by atoms with Gasteiger partial charge in [-0.25, -0.2) is 4.79 Å². The molecule has 0 aromatic carbocycles. The van der Waals surface area contributed by atoms with Gasteiger partial charge < -0.3 is 9.64 Å². The van der Waals surface area contributed by atoms with Gasteiger partial charge in [-0.3, -0.25) is 9.69 Å². The summed E-state index contributed by atoms with van der Waals surface area (Å²) in [7, 11) is 1.76. The summed E-state index contributed by atoms with van der Waals surface area (Å²) >= 11 is 0. The van der Waals surface area contributed by atoms with E-state index in [-0.39, 0.29) is 17.5 Å². The lowest BCUT2D eigenvalue weighted by Crippen LogP contribution is -2.52. The van der Waals surface area contributed by atoms with Gasteiger partial charge in [0.15, 0.2) is 0 Å². The Morgan fingerprint density at radius 3 is 2.05 bits per heavy atom. The highest BCUT2D eigenvalue weighted by molar-refractivity contribution is 5.89. The molecule has 1 aliphatic rings. The standard InChI is InChI=1S/C15H28N2O3/c1-9-10-11(18)16(8)12(14(2,3)4)17(10)13(19)20-15(5,6)7/h10,12H,9H2,1-8H3. The monoisotopic (exact) mass is 284 g/mol. The zero-order valence-electron chi connectivity index (χ0n) is 14.0. The Morgan fingerprint density at radius 1 is 1.20 bits per heavy atom. The molecule has 5 heteroatoms. The quantitative estimate of drug-likeness (QED) is 0.744. The van der Waals surface area contributed by atoms with Crippen LogP contribution in [0.3, 0.4) is 0 Å². The van der Waals surface area contributed by atoms with Crippen LogP contribution < -0.4 is 0 Å². The Hall–Kier alpha value is -1.26. The molecule has 0 bridgehead atoms. The minimum Gasteiger partial charge on any atom is -0.444 e. The summed E-state index contributed by atoms with van der Waals surface area (Å²) < 4.78 is 5.48. The van der Waals surface area contributed by atoms with Gasteiger partial charge in [0.2, 0.25) is 5.91 Å². The summed E-state index contributed by atoms with van der Waals surface area (Å²) in [5, 5.41) is 0. The lowest BCUT2D eigenvalue weighted by atomic mass is 9.91. The first-order valence-corrected chi connectivity index (χ1v) is 7.18. The van der Waals surface area contributed by atoms with Crippen molar-refractivity contribution in [1.29, 1.82) is 0 Å². The first-order chi connectivity index (χ1) is 8.90. The second-order valence-corrected chi connectivity index (χ2v) is 7.50. The normalized spacial score (nSPS) is 24.3. The number of hydrogen-bond donors (Lipinski definition) is 0. The van der Waals surface area contributed by atoms with E-state index in [1.165, 1.54) is 0 Å². The molecule has 1 aliphatic heterocycles. The van der Waals surface area contributed by atoms with Crippen molar-refractivity contribution in [3.05, 3.63) is 0 Å². The largest absolute Gasteiger partial charge is 0.444 e. The smallest absolute Gasteiger partial charge is 0.412 e. The van der Waals surface area contributed by atoms with E-state index in [0.717, 1.165) is 0 Å². The predicted molar refractivity (Wildman–Crippen MR) is 78.2 cm³/mol. The maximum absolute atomic E-state index is 12.5. The first kappa shape index (κ1) is 16.8. The molecule has 1 rings (SSSR count). The van der Waals surface area contributed by atoms with Crippen molar-refractivity contribution >= 4 is 12.0 Å². The number of rotatable bonds is 1. The summed E-state index contributed by atoms with van der Waals surface area (Å²) in [5.74, 6) is -0.0155. The summed E-state index contributed by atoms with van der Waals surface area (Å²) in [5.41, 5.74) is -0.798. The van der Waals surface area contributed by atoms with Crippen molar-refractivity contribution in [3.63, 3.8) is 0 Å². The molecule has 1 heterocycles. The average Bonchev–Trinajstić information content (AvgIpc) is 2.48. The zero-order valence-corrected chi connectivity index (χ0v) is 14.0. The fourth-order valence-corrected chi connectivity index (χ4v) is 2.74. The van der Waals surface area contributed by atoms with Crippen LogP contribution in [0, 0.1) is 5.41 Å². The lowest BCUT2D eigenvalue weighted by molar-refractivity contribution is -0.129. The van der Waals surface area contributed by atoms with Gasteiger partial charge in [-0.05, 0) is 27.2 Å². The number of likely N-dealkylation sites (N-methyl/N-ethyl adjacent to an activating group) is 1. The maximum Gasteiger partial charge on any atom is 0.412 e. The number of amides is 2. The van der Waals surface area contributed by atoms with E-state index in [1.807, 2.05) is 48.5 Å². The summed E-state index contributed by atoms with van der Waals surface area (Å²) in [6.45, 7) is 13.5. The highest BCUT2D eigenvalue weighted by atomic mass is 16.6. The first-order valence-electron chi connectivity index (χ1n) is 7.18. The van der Waals surface area contributed by atoms with Crippen molar-refractivity contribution in [1.82, 2.24) is 9.80 Å². The molecule has 5 nitrogen and oxygen atoms in total. The van der Waals surface area contributed by atoms with Crippen LogP contribution in [-0.4, -0.2) is 46.7 Å². The molecule has 0 N–H and O–H groups in total. The van der Waals surface area contributed by atoms with E-state index < -0.39 is 17.7 Å². The van der Waals surface area contributed by atoms with Crippen molar-refractivity contribution in [2.75, 3.05) is 7.05 Å². The maximum atomic E-state index is 12.5. The van der Waals surface area contributed by atoms with Crippen LogP contribution in [0.2, 0.25) is 0 Å². The molecule has 1 saturated heterocycles. The van der Waals surface area contributed by atoms with Gasteiger partial charge in [0, 0.05) is 12.5 Å². The molecule has 0 spiro atoms. The zero-order chi connectivity index (χ0) is 15.9. The molecule has 116 valence electrons. The third-order valence-electron chi connectivity index (χ3n) is 3.36. The molecular weight excluding hydrogens is 256 g/mol. The molecule has 0 aromatic rings. The summed E-state index contributed by atoms with van der Waals surface area (Å²) in [6, 6.07) is -0.431. The van der Waals surface area contributed by atoms with Crippen LogP contribution in [0.4, 0.5) is 4.79 Å². The van der Waals surface area contributed by atoms with Crippen LogP contribution in [0.5, 0.6) is 0 Å². The number of nitrogens with zero attached hydrogens (tertiary/aromatic N) is 2. The van der Waals surface area contributed by atoms with Crippen molar-refractivity contribution in [2.45, 2.75) is 72.7 Å². The number of carbonyl (C=O) groups excluding carboxylic acids is 2. The van der Waals surface area contributed by atoms with Crippen LogP contribution in [0.25, 0.3) is 0 Å². The highest BCUT2D eigenvalue weighted by Crippen LogP contribution is 2.35. The van der Waals surface area contributed by atoms with E-state index in [0.29, 0.717) is 6.42 Å². The molecule has 1 fully saturated rings. The third-order valence-corrected chi connectivity index (χ3v) is 3.36. The van der Waals surface area contributed by atoms with E-state index in [9.17, 15) is 9.59 Å².